The zero-order valence-corrected chi connectivity index (χ0v) is 8.43. The zero-order chi connectivity index (χ0) is 9.68. The fraction of sp³-hybridized carbons (Fsp3) is 0.333. The maximum absolute atomic E-state index is 10.7. The minimum atomic E-state index is -0.351. The van der Waals surface area contributed by atoms with E-state index in [1.807, 2.05) is 13.0 Å². The van der Waals surface area contributed by atoms with E-state index in [0.717, 1.165) is 16.5 Å². The van der Waals surface area contributed by atoms with Crippen LogP contribution in [0.3, 0.4) is 0 Å². The monoisotopic (exact) mass is 197 g/mol. The Morgan fingerprint density at radius 3 is 3.15 bits per heavy atom. The van der Waals surface area contributed by atoms with Gasteiger partial charge in [-0.05, 0) is 13.0 Å². The first-order chi connectivity index (χ1) is 6.22. The molecule has 1 aliphatic heterocycles. The van der Waals surface area contributed by atoms with Gasteiger partial charge in [-0.3, -0.25) is 0 Å². The number of allylic oxidation sites excluding steroid dienone is 1. The van der Waals surface area contributed by atoms with Crippen LogP contribution in [0.25, 0.3) is 0 Å². The molecule has 0 aromatic heterocycles. The molecule has 0 aromatic carbocycles. The van der Waals surface area contributed by atoms with E-state index >= 15 is 0 Å². The lowest BCUT2D eigenvalue weighted by molar-refractivity contribution is -0.134. The molecule has 13 heavy (non-hydrogen) atoms. The molecule has 0 atom stereocenters. The number of hydrogen-bond acceptors (Lipinski definition) is 4. The summed E-state index contributed by atoms with van der Waals surface area (Å²) >= 11 is 1.60. The van der Waals surface area contributed by atoms with Gasteiger partial charge in [0.2, 0.25) is 0 Å². The molecule has 0 radical (unpaired) electrons. The van der Waals surface area contributed by atoms with Gasteiger partial charge in [0.1, 0.15) is 0 Å². The largest absolute Gasteiger partial charge is 0.466 e. The van der Waals surface area contributed by atoms with Crippen molar-refractivity contribution in [3.63, 3.8) is 0 Å². The van der Waals surface area contributed by atoms with Gasteiger partial charge in [0.15, 0.2) is 0 Å². The highest BCUT2D eigenvalue weighted by molar-refractivity contribution is 8.14. The third-order valence-electron chi connectivity index (χ3n) is 1.46. The Morgan fingerprint density at radius 1 is 1.77 bits per heavy atom. The second-order valence-corrected chi connectivity index (χ2v) is 3.50. The second kappa shape index (κ2) is 4.87. The predicted octanol–water partition coefficient (Wildman–Crippen LogP) is 1.76. The van der Waals surface area contributed by atoms with Crippen molar-refractivity contribution in [3.8, 4) is 0 Å². The van der Waals surface area contributed by atoms with Crippen molar-refractivity contribution < 1.29 is 9.53 Å². The summed E-state index contributed by atoms with van der Waals surface area (Å²) < 4.78 is 4.46. The maximum Gasteiger partial charge on any atom is 0.330 e. The van der Waals surface area contributed by atoms with Crippen LogP contribution in [0.4, 0.5) is 0 Å². The van der Waals surface area contributed by atoms with Crippen molar-refractivity contribution in [1.82, 2.24) is 0 Å². The van der Waals surface area contributed by atoms with Gasteiger partial charge in [-0.2, -0.15) is 0 Å². The summed E-state index contributed by atoms with van der Waals surface area (Å²) in [5.41, 5.74) is 0.989. The highest BCUT2D eigenvalue weighted by Gasteiger charge is 2.02. The summed E-state index contributed by atoms with van der Waals surface area (Å²) in [4.78, 5) is 15.0. The summed E-state index contributed by atoms with van der Waals surface area (Å²) in [5.74, 6) is 0.561. The van der Waals surface area contributed by atoms with Crippen molar-refractivity contribution in [2.75, 3.05) is 12.9 Å². The quantitative estimate of drug-likeness (QED) is 0.500. The van der Waals surface area contributed by atoms with E-state index < -0.39 is 0 Å². The molecule has 0 bridgehead atoms. The van der Waals surface area contributed by atoms with Gasteiger partial charge < -0.3 is 4.74 Å². The van der Waals surface area contributed by atoms with Crippen molar-refractivity contribution in [1.29, 1.82) is 0 Å². The Balaban J connectivity index is 2.59. The molecule has 1 rings (SSSR count). The first kappa shape index (κ1) is 10.1. The van der Waals surface area contributed by atoms with Crippen molar-refractivity contribution >= 4 is 22.8 Å². The Kier molecular flexibility index (Phi) is 3.76. The number of nitrogens with zero attached hydrogens (tertiary/aromatic N) is 1. The number of hydrogen-bond donors (Lipinski definition) is 0. The van der Waals surface area contributed by atoms with Crippen molar-refractivity contribution in [3.05, 3.63) is 23.9 Å². The van der Waals surface area contributed by atoms with E-state index in [2.05, 4.69) is 9.73 Å². The molecular weight excluding hydrogens is 186 g/mol. The van der Waals surface area contributed by atoms with Gasteiger partial charge in [-0.25, -0.2) is 9.79 Å². The molecule has 4 heteroatoms. The molecular formula is C9H11NO2S. The maximum atomic E-state index is 10.7. The van der Waals surface area contributed by atoms with Crippen molar-refractivity contribution in [2.45, 2.75) is 6.92 Å². The number of aliphatic imine (C=N–C) groups is 1. The fourth-order valence-electron chi connectivity index (χ4n) is 0.792. The third-order valence-corrected chi connectivity index (χ3v) is 2.32. The highest BCUT2D eigenvalue weighted by Crippen LogP contribution is 2.15. The van der Waals surface area contributed by atoms with E-state index in [1.54, 1.807) is 17.8 Å². The van der Waals surface area contributed by atoms with Gasteiger partial charge in [-0.1, -0.05) is 6.08 Å². The van der Waals surface area contributed by atoms with Gasteiger partial charge >= 0.3 is 5.97 Å². The van der Waals surface area contributed by atoms with E-state index in [9.17, 15) is 4.79 Å². The van der Waals surface area contributed by atoms with E-state index in [4.69, 9.17) is 0 Å². The van der Waals surface area contributed by atoms with Gasteiger partial charge in [0.05, 0.1) is 12.2 Å². The number of carbonyl (C=O) groups is 1. The molecule has 0 saturated heterocycles. The summed E-state index contributed by atoms with van der Waals surface area (Å²) in [5, 5.41) is 0.852. The van der Waals surface area contributed by atoms with Crippen LogP contribution in [-0.2, 0) is 9.53 Å². The molecule has 0 unspecified atom stereocenters. The molecule has 1 aliphatic rings. The average Bonchev–Trinajstić information content (AvgIpc) is 2.14. The van der Waals surface area contributed by atoms with Crippen LogP contribution >= 0.6 is 11.8 Å². The lowest BCUT2D eigenvalue weighted by atomic mass is 10.4. The lowest BCUT2D eigenvalue weighted by Gasteiger charge is -2.05. The first-order valence-electron chi connectivity index (χ1n) is 3.86. The second-order valence-electron chi connectivity index (χ2n) is 2.46. The molecule has 0 N–H and O–H groups in total. The minimum Gasteiger partial charge on any atom is -0.466 e. The van der Waals surface area contributed by atoms with Crippen molar-refractivity contribution in [2.24, 2.45) is 4.99 Å². The van der Waals surface area contributed by atoms with E-state index in [0.29, 0.717) is 0 Å². The predicted molar refractivity (Wildman–Crippen MR) is 54.8 cm³/mol. The summed E-state index contributed by atoms with van der Waals surface area (Å²) in [6.07, 6.45) is 5.09. The van der Waals surface area contributed by atoms with E-state index in [1.165, 1.54) is 13.2 Å². The number of ether oxygens (including phenoxy) is 1. The number of methoxy groups -OCH3 is 1. The van der Waals surface area contributed by atoms with E-state index in [-0.39, 0.29) is 5.97 Å². The molecule has 3 nitrogen and oxygen atoms in total. The van der Waals surface area contributed by atoms with Crippen LogP contribution in [0.2, 0.25) is 0 Å². The van der Waals surface area contributed by atoms with Gasteiger partial charge in [0.25, 0.3) is 0 Å². The zero-order valence-electron chi connectivity index (χ0n) is 7.61. The number of thioether (sulfide) groups is 1. The standard InChI is InChI=1S/C9H11NO2S/c1-7-5-6-13-8(10-7)3-4-9(11)12-2/h3-5H,6H2,1-2H3/b4-3+. The number of carbonyl (C=O) groups excluding carboxylic acids is 1. The molecule has 0 aliphatic carbocycles. The Labute approximate surface area is 81.6 Å². The summed E-state index contributed by atoms with van der Waals surface area (Å²) in [7, 11) is 1.35. The average molecular weight is 197 g/mol. The van der Waals surface area contributed by atoms with Crippen LogP contribution in [0.1, 0.15) is 6.92 Å². The Bertz CT molecular complexity index is 292. The van der Waals surface area contributed by atoms with Crippen LogP contribution in [0.15, 0.2) is 28.9 Å². The Morgan fingerprint density at radius 2 is 2.54 bits per heavy atom. The minimum absolute atomic E-state index is 0.351. The number of esters is 1. The molecule has 1 heterocycles. The lowest BCUT2D eigenvalue weighted by Crippen LogP contribution is -1.98. The summed E-state index contributed by atoms with van der Waals surface area (Å²) in [6, 6.07) is 0. The molecule has 0 fully saturated rings. The Hall–Kier alpha value is -1.03. The van der Waals surface area contributed by atoms with Gasteiger partial charge in [0, 0.05) is 17.5 Å². The molecule has 0 aromatic rings. The third kappa shape index (κ3) is 3.46. The van der Waals surface area contributed by atoms with Crippen LogP contribution < -0.4 is 0 Å². The molecule has 0 spiro atoms. The number of rotatable bonds is 2. The topological polar surface area (TPSA) is 38.7 Å². The fourth-order valence-corrected chi connectivity index (χ4v) is 1.66. The SMILES string of the molecule is COC(=O)/C=C/C1=NC(C)=CCS1. The summed E-state index contributed by atoms with van der Waals surface area (Å²) in [6.45, 7) is 1.94. The van der Waals surface area contributed by atoms with Gasteiger partial charge in [-0.15, -0.1) is 11.8 Å². The molecule has 70 valence electrons. The first-order valence-corrected chi connectivity index (χ1v) is 4.85. The molecule has 0 saturated carbocycles. The molecule has 0 amide bonds. The van der Waals surface area contributed by atoms with Crippen LogP contribution in [0, 0.1) is 0 Å². The van der Waals surface area contributed by atoms with Crippen LogP contribution in [0.5, 0.6) is 0 Å². The smallest absolute Gasteiger partial charge is 0.330 e. The normalized spacial score (nSPS) is 16.8. The van der Waals surface area contributed by atoms with Crippen LogP contribution in [-0.4, -0.2) is 23.9 Å². The highest BCUT2D eigenvalue weighted by atomic mass is 32.2.